The van der Waals surface area contributed by atoms with Crippen LogP contribution in [0.25, 0.3) is 0 Å². The van der Waals surface area contributed by atoms with Crippen molar-refractivity contribution in [2.24, 2.45) is 17.1 Å². The van der Waals surface area contributed by atoms with Gasteiger partial charge in [0.2, 0.25) is 0 Å². The topological polar surface area (TPSA) is 35.2 Å². The predicted octanol–water partition coefficient (Wildman–Crippen LogP) is 2.99. The normalized spacial score (nSPS) is 26.0. The Bertz CT molecular complexity index is 406. The molecule has 4 heteroatoms. The number of hydrogen-bond donors (Lipinski definition) is 1. The molecule has 0 heterocycles. The zero-order valence-electron chi connectivity index (χ0n) is 9.99. The lowest BCUT2D eigenvalue weighted by Gasteiger charge is -2.11. The first-order valence-electron chi connectivity index (χ1n) is 5.72. The van der Waals surface area contributed by atoms with Crippen molar-refractivity contribution >= 4 is 0 Å². The molecule has 1 aromatic rings. The van der Waals surface area contributed by atoms with Crippen molar-refractivity contribution in [3.05, 3.63) is 29.8 Å². The molecule has 1 fully saturated rings. The Morgan fingerprint density at radius 1 is 1.35 bits per heavy atom. The van der Waals surface area contributed by atoms with Crippen molar-refractivity contribution in [3.63, 3.8) is 0 Å². The Morgan fingerprint density at radius 2 is 2.00 bits per heavy atom. The number of ether oxygens (including phenoxy) is 1. The van der Waals surface area contributed by atoms with Gasteiger partial charge in [-0.05, 0) is 35.4 Å². The van der Waals surface area contributed by atoms with Crippen LogP contribution in [0.15, 0.2) is 24.3 Å². The van der Waals surface area contributed by atoms with E-state index in [9.17, 15) is 8.78 Å². The number of benzene rings is 1. The molecule has 0 spiro atoms. The highest BCUT2D eigenvalue weighted by atomic mass is 19.3. The number of hydrogen-bond acceptors (Lipinski definition) is 2. The second kappa shape index (κ2) is 4.26. The molecular weight excluding hydrogens is 224 g/mol. The van der Waals surface area contributed by atoms with Crippen molar-refractivity contribution in [3.8, 4) is 5.75 Å². The van der Waals surface area contributed by atoms with Crippen LogP contribution >= 0.6 is 0 Å². The molecule has 0 saturated heterocycles. The van der Waals surface area contributed by atoms with Crippen molar-refractivity contribution in [1.82, 2.24) is 0 Å². The second-order valence-corrected chi connectivity index (χ2v) is 5.06. The number of alkyl halides is 2. The quantitative estimate of drug-likeness (QED) is 0.879. The third-order valence-corrected chi connectivity index (χ3v) is 3.77. The van der Waals surface area contributed by atoms with Gasteiger partial charge in [0, 0.05) is 0 Å². The average molecular weight is 241 g/mol. The molecule has 0 aliphatic heterocycles. The van der Waals surface area contributed by atoms with Gasteiger partial charge in [-0.15, -0.1) is 0 Å². The van der Waals surface area contributed by atoms with Gasteiger partial charge in [-0.1, -0.05) is 32.0 Å². The molecule has 1 aliphatic rings. The summed E-state index contributed by atoms with van der Waals surface area (Å²) in [6.07, 6.45) is 0. The van der Waals surface area contributed by atoms with Crippen molar-refractivity contribution in [1.29, 1.82) is 0 Å². The minimum Gasteiger partial charge on any atom is -0.435 e. The van der Waals surface area contributed by atoms with E-state index in [1.165, 1.54) is 0 Å². The fourth-order valence-electron chi connectivity index (χ4n) is 2.74. The second-order valence-electron chi connectivity index (χ2n) is 5.06. The van der Waals surface area contributed by atoms with Gasteiger partial charge in [-0.3, -0.25) is 0 Å². The van der Waals surface area contributed by atoms with Crippen LogP contribution in [0.5, 0.6) is 5.75 Å². The van der Waals surface area contributed by atoms with E-state index in [4.69, 9.17) is 5.73 Å². The molecule has 2 nitrogen and oxygen atoms in total. The van der Waals surface area contributed by atoms with E-state index < -0.39 is 6.61 Å². The summed E-state index contributed by atoms with van der Waals surface area (Å²) in [5, 5.41) is 0. The van der Waals surface area contributed by atoms with E-state index >= 15 is 0 Å². The molecule has 0 aromatic heterocycles. The van der Waals surface area contributed by atoms with E-state index in [-0.39, 0.29) is 17.1 Å². The minimum atomic E-state index is -2.78. The highest BCUT2D eigenvalue weighted by molar-refractivity contribution is 5.42. The Labute approximate surface area is 99.8 Å². The standard InChI is InChI=1S/C13H17F2NO/c1-13(2)9(7-16)11(13)8-5-3-4-6-10(8)17-12(14)15/h3-6,9,11-12H,7,16H2,1-2H3/t9-,11-/m0/s1. The molecule has 1 saturated carbocycles. The monoisotopic (exact) mass is 241 g/mol. The van der Waals surface area contributed by atoms with E-state index in [0.717, 1.165) is 5.56 Å². The molecule has 1 aliphatic carbocycles. The van der Waals surface area contributed by atoms with Gasteiger partial charge >= 0.3 is 6.61 Å². The van der Waals surface area contributed by atoms with Crippen LogP contribution < -0.4 is 10.5 Å². The van der Waals surface area contributed by atoms with Crippen LogP contribution in [0.1, 0.15) is 25.3 Å². The first-order chi connectivity index (χ1) is 7.98. The minimum absolute atomic E-state index is 0.0658. The first kappa shape index (κ1) is 12.3. The lowest BCUT2D eigenvalue weighted by atomic mass is 10.0. The summed E-state index contributed by atoms with van der Waals surface area (Å²) in [6.45, 7) is 2.00. The van der Waals surface area contributed by atoms with Crippen LogP contribution in [-0.2, 0) is 0 Å². The van der Waals surface area contributed by atoms with Crippen LogP contribution in [-0.4, -0.2) is 13.2 Å². The summed E-state index contributed by atoms with van der Waals surface area (Å²) < 4.78 is 29.2. The van der Waals surface area contributed by atoms with E-state index in [1.807, 2.05) is 12.1 Å². The summed E-state index contributed by atoms with van der Waals surface area (Å²) in [4.78, 5) is 0. The first-order valence-corrected chi connectivity index (χ1v) is 5.72. The third-order valence-electron chi connectivity index (χ3n) is 3.77. The van der Waals surface area contributed by atoms with Gasteiger partial charge in [-0.2, -0.15) is 8.78 Å². The molecule has 1 aromatic carbocycles. The third kappa shape index (κ3) is 2.14. The van der Waals surface area contributed by atoms with Crippen molar-refractivity contribution < 1.29 is 13.5 Å². The highest BCUT2D eigenvalue weighted by Gasteiger charge is 2.58. The summed E-state index contributed by atoms with van der Waals surface area (Å²) >= 11 is 0. The van der Waals surface area contributed by atoms with Crippen molar-refractivity contribution in [2.45, 2.75) is 26.4 Å². The van der Waals surface area contributed by atoms with Crippen molar-refractivity contribution in [2.75, 3.05) is 6.54 Å². The Kier molecular flexibility index (Phi) is 3.08. The zero-order valence-corrected chi connectivity index (χ0v) is 9.99. The van der Waals surface area contributed by atoms with Crippen LogP contribution in [0.2, 0.25) is 0 Å². The number of rotatable bonds is 4. The van der Waals surface area contributed by atoms with Crippen LogP contribution in [0.4, 0.5) is 8.78 Å². The molecule has 2 rings (SSSR count). The summed E-state index contributed by atoms with van der Waals surface area (Å²) in [5.74, 6) is 0.823. The number of halogens is 2. The molecule has 17 heavy (non-hydrogen) atoms. The maximum Gasteiger partial charge on any atom is 0.387 e. The summed E-state index contributed by atoms with van der Waals surface area (Å²) in [6, 6.07) is 6.98. The molecule has 0 unspecified atom stereocenters. The number of nitrogens with two attached hydrogens (primary N) is 1. The zero-order chi connectivity index (χ0) is 12.6. The molecule has 2 N–H and O–H groups in total. The summed E-state index contributed by atoms with van der Waals surface area (Å²) in [7, 11) is 0. The maximum atomic E-state index is 12.3. The Hall–Kier alpha value is -1.16. The SMILES string of the molecule is CC1(C)[C@@H](CN)[C@@H]1c1ccccc1OC(F)F. The van der Waals surface area contributed by atoms with Gasteiger partial charge in [0.15, 0.2) is 0 Å². The van der Waals surface area contributed by atoms with E-state index in [2.05, 4.69) is 18.6 Å². The predicted molar refractivity (Wildman–Crippen MR) is 62.1 cm³/mol. The van der Waals surface area contributed by atoms with Gasteiger partial charge in [-0.25, -0.2) is 0 Å². The molecule has 0 amide bonds. The molecule has 0 radical (unpaired) electrons. The van der Waals surface area contributed by atoms with Crippen LogP contribution in [0.3, 0.4) is 0 Å². The summed E-state index contributed by atoms with van der Waals surface area (Å²) in [5.41, 5.74) is 6.61. The smallest absolute Gasteiger partial charge is 0.387 e. The van der Waals surface area contributed by atoms with Gasteiger partial charge < -0.3 is 10.5 Å². The molecule has 0 bridgehead atoms. The maximum absolute atomic E-state index is 12.3. The lowest BCUT2D eigenvalue weighted by molar-refractivity contribution is -0.0505. The largest absolute Gasteiger partial charge is 0.435 e. The van der Waals surface area contributed by atoms with E-state index in [1.54, 1.807) is 12.1 Å². The van der Waals surface area contributed by atoms with Gasteiger partial charge in [0.05, 0.1) is 0 Å². The molecule has 94 valence electrons. The molecular formula is C13H17F2NO. The Morgan fingerprint density at radius 3 is 2.53 bits per heavy atom. The van der Waals surface area contributed by atoms with Crippen LogP contribution in [0, 0.1) is 11.3 Å². The van der Waals surface area contributed by atoms with Gasteiger partial charge in [0.25, 0.3) is 0 Å². The fraction of sp³-hybridized carbons (Fsp3) is 0.538. The van der Waals surface area contributed by atoms with Gasteiger partial charge in [0.1, 0.15) is 5.75 Å². The van der Waals surface area contributed by atoms with E-state index in [0.29, 0.717) is 12.5 Å². The highest BCUT2D eigenvalue weighted by Crippen LogP contribution is 2.65. The Balaban J connectivity index is 2.28. The number of para-hydroxylation sites is 1. The lowest BCUT2D eigenvalue weighted by Crippen LogP contribution is -2.06. The molecule has 2 atom stereocenters. The average Bonchev–Trinajstić information content (AvgIpc) is 2.80. The fourth-order valence-corrected chi connectivity index (χ4v) is 2.74.